The van der Waals surface area contributed by atoms with E-state index in [1.165, 1.54) is 6.33 Å². The van der Waals surface area contributed by atoms with Crippen LogP contribution in [0.2, 0.25) is 0 Å². The number of fused-ring (bicyclic) bond motifs is 1. The summed E-state index contributed by atoms with van der Waals surface area (Å²) in [7, 11) is 0. The van der Waals surface area contributed by atoms with E-state index in [0.717, 1.165) is 43.2 Å². The summed E-state index contributed by atoms with van der Waals surface area (Å²) in [6, 6.07) is 16.5. The molecule has 1 aliphatic heterocycles. The number of amides is 1. The van der Waals surface area contributed by atoms with Gasteiger partial charge in [0.05, 0.1) is 30.8 Å². The lowest BCUT2D eigenvalue weighted by molar-refractivity contribution is 0.100. The maximum absolute atomic E-state index is 12.6. The Labute approximate surface area is 189 Å². The molecule has 0 radical (unpaired) electrons. The number of nitrogens with two attached hydrogens (primary N) is 1. The van der Waals surface area contributed by atoms with Crippen molar-refractivity contribution in [3.63, 3.8) is 0 Å². The predicted molar refractivity (Wildman–Crippen MR) is 127 cm³/mol. The molecule has 0 atom stereocenters. The number of aromatic amines is 1. The van der Waals surface area contributed by atoms with Gasteiger partial charge in [-0.1, -0.05) is 12.1 Å². The summed E-state index contributed by atoms with van der Waals surface area (Å²) in [6.45, 7) is 3.16. The molecular weight excluding hydrogens is 420 g/mol. The van der Waals surface area contributed by atoms with Crippen LogP contribution in [0.1, 0.15) is 10.4 Å². The summed E-state index contributed by atoms with van der Waals surface area (Å²) in [5.74, 6) is -0.0981. The van der Waals surface area contributed by atoms with Gasteiger partial charge in [0.2, 0.25) is 5.91 Å². The molecule has 0 spiro atoms. The summed E-state index contributed by atoms with van der Waals surface area (Å²) in [5, 5.41) is 3.64. The van der Waals surface area contributed by atoms with E-state index in [2.05, 4.69) is 20.2 Å². The zero-order valence-corrected chi connectivity index (χ0v) is 17.7. The Bertz CT molecular complexity index is 1360. The molecular formula is C24H22N6O3. The van der Waals surface area contributed by atoms with Crippen molar-refractivity contribution in [3.8, 4) is 11.3 Å². The number of primary amides is 1. The standard InChI is InChI=1S/C24H22N6O3/c25-22(31)16-3-1-15(2-4-16)19-13-20-21(24(32)27-14-26-20)23(29-19)28-17-5-7-18(8-6-17)30-9-11-33-12-10-30/h1-8,13-14H,9-12H2,(H2,25,31)(H,28,29)(H,26,27,32). The van der Waals surface area contributed by atoms with Crippen LogP contribution in [0.25, 0.3) is 22.2 Å². The Morgan fingerprint density at radius 2 is 1.79 bits per heavy atom. The van der Waals surface area contributed by atoms with Gasteiger partial charge in [0.15, 0.2) is 0 Å². The highest BCUT2D eigenvalue weighted by Crippen LogP contribution is 2.28. The normalized spacial score (nSPS) is 13.8. The van der Waals surface area contributed by atoms with Crippen LogP contribution in [-0.4, -0.2) is 47.2 Å². The van der Waals surface area contributed by atoms with E-state index in [1.54, 1.807) is 30.3 Å². The van der Waals surface area contributed by atoms with Crippen LogP contribution in [0.15, 0.2) is 65.7 Å². The average molecular weight is 442 g/mol. The van der Waals surface area contributed by atoms with E-state index in [1.807, 2.05) is 24.3 Å². The molecule has 0 saturated carbocycles. The van der Waals surface area contributed by atoms with Gasteiger partial charge < -0.3 is 25.7 Å². The van der Waals surface area contributed by atoms with E-state index in [4.69, 9.17) is 15.5 Å². The van der Waals surface area contributed by atoms with Crippen molar-refractivity contribution in [2.24, 2.45) is 5.73 Å². The van der Waals surface area contributed by atoms with Crippen molar-refractivity contribution in [1.82, 2.24) is 15.0 Å². The smallest absolute Gasteiger partial charge is 0.262 e. The minimum atomic E-state index is -0.496. The number of ether oxygens (including phenoxy) is 1. The van der Waals surface area contributed by atoms with Gasteiger partial charge in [0.25, 0.3) is 5.56 Å². The zero-order chi connectivity index (χ0) is 22.8. The molecule has 4 N–H and O–H groups in total. The van der Waals surface area contributed by atoms with Gasteiger partial charge >= 0.3 is 0 Å². The highest BCUT2D eigenvalue weighted by Gasteiger charge is 2.14. The van der Waals surface area contributed by atoms with Crippen molar-refractivity contribution >= 4 is 34.0 Å². The lowest BCUT2D eigenvalue weighted by Crippen LogP contribution is -2.36. The van der Waals surface area contributed by atoms with E-state index in [9.17, 15) is 9.59 Å². The Morgan fingerprint density at radius 3 is 2.48 bits per heavy atom. The number of nitrogens with one attached hydrogen (secondary N) is 2. The number of carbonyl (C=O) groups excluding carboxylic acids is 1. The van der Waals surface area contributed by atoms with Gasteiger partial charge in [-0.3, -0.25) is 9.59 Å². The monoisotopic (exact) mass is 442 g/mol. The number of anilines is 3. The molecule has 2 aromatic heterocycles. The molecule has 166 valence electrons. The summed E-state index contributed by atoms with van der Waals surface area (Å²) >= 11 is 0. The zero-order valence-electron chi connectivity index (χ0n) is 17.7. The lowest BCUT2D eigenvalue weighted by Gasteiger charge is -2.28. The van der Waals surface area contributed by atoms with E-state index in [-0.39, 0.29) is 5.56 Å². The van der Waals surface area contributed by atoms with Crippen LogP contribution in [-0.2, 0) is 4.74 Å². The molecule has 1 fully saturated rings. The van der Waals surface area contributed by atoms with Crippen LogP contribution in [0.4, 0.5) is 17.2 Å². The maximum Gasteiger partial charge on any atom is 0.262 e. The molecule has 33 heavy (non-hydrogen) atoms. The van der Waals surface area contributed by atoms with Gasteiger partial charge in [-0.2, -0.15) is 0 Å². The first kappa shape index (κ1) is 20.7. The minimum Gasteiger partial charge on any atom is -0.378 e. The number of hydrogen-bond donors (Lipinski definition) is 3. The van der Waals surface area contributed by atoms with Gasteiger partial charge in [-0.25, -0.2) is 9.97 Å². The molecule has 2 aromatic carbocycles. The van der Waals surface area contributed by atoms with Crippen molar-refractivity contribution in [2.45, 2.75) is 0 Å². The Morgan fingerprint density at radius 1 is 1.06 bits per heavy atom. The van der Waals surface area contributed by atoms with Gasteiger partial charge in [0.1, 0.15) is 11.2 Å². The molecule has 4 aromatic rings. The van der Waals surface area contributed by atoms with Crippen molar-refractivity contribution in [3.05, 3.63) is 76.8 Å². The second-order valence-electron chi connectivity index (χ2n) is 7.69. The summed E-state index contributed by atoms with van der Waals surface area (Å²) in [6.07, 6.45) is 1.37. The molecule has 0 aliphatic carbocycles. The third-order valence-electron chi connectivity index (χ3n) is 5.60. The number of carbonyl (C=O) groups is 1. The Hall–Kier alpha value is -4.24. The molecule has 5 rings (SSSR count). The van der Waals surface area contributed by atoms with Crippen LogP contribution in [0.5, 0.6) is 0 Å². The van der Waals surface area contributed by atoms with E-state index < -0.39 is 5.91 Å². The molecule has 9 nitrogen and oxygen atoms in total. The first-order valence-corrected chi connectivity index (χ1v) is 10.6. The Balaban J connectivity index is 1.51. The summed E-state index contributed by atoms with van der Waals surface area (Å²) in [5.41, 5.74) is 9.28. The molecule has 9 heteroatoms. The number of H-pyrrole nitrogens is 1. The number of morpholine rings is 1. The SMILES string of the molecule is NC(=O)c1ccc(-c2cc3nc[nH]c(=O)c3c(Nc3ccc(N4CCOCC4)cc3)n2)cc1. The van der Waals surface area contributed by atoms with Crippen LogP contribution >= 0.6 is 0 Å². The highest BCUT2D eigenvalue weighted by molar-refractivity contribution is 5.94. The minimum absolute atomic E-state index is 0.282. The molecule has 3 heterocycles. The van der Waals surface area contributed by atoms with Crippen LogP contribution < -0.4 is 21.5 Å². The predicted octanol–water partition coefficient (Wildman–Crippen LogP) is 2.66. The number of benzene rings is 2. The number of rotatable bonds is 5. The Kier molecular flexibility index (Phi) is 5.45. The fourth-order valence-corrected chi connectivity index (χ4v) is 3.85. The fourth-order valence-electron chi connectivity index (χ4n) is 3.85. The topological polar surface area (TPSA) is 126 Å². The molecule has 1 amide bonds. The fraction of sp³-hybridized carbons (Fsp3) is 0.167. The van der Waals surface area contributed by atoms with Crippen molar-refractivity contribution in [1.29, 1.82) is 0 Å². The van der Waals surface area contributed by atoms with Crippen molar-refractivity contribution in [2.75, 3.05) is 36.5 Å². The summed E-state index contributed by atoms with van der Waals surface area (Å²) in [4.78, 5) is 37.9. The summed E-state index contributed by atoms with van der Waals surface area (Å²) < 4.78 is 5.42. The highest BCUT2D eigenvalue weighted by atomic mass is 16.5. The van der Waals surface area contributed by atoms with Gasteiger partial charge in [-0.05, 0) is 42.5 Å². The van der Waals surface area contributed by atoms with Crippen LogP contribution in [0, 0.1) is 0 Å². The maximum atomic E-state index is 12.6. The molecule has 0 unspecified atom stereocenters. The third-order valence-corrected chi connectivity index (χ3v) is 5.60. The second kappa shape index (κ2) is 8.71. The molecule has 0 bridgehead atoms. The van der Waals surface area contributed by atoms with Crippen LogP contribution in [0.3, 0.4) is 0 Å². The number of hydrogen-bond acceptors (Lipinski definition) is 7. The largest absolute Gasteiger partial charge is 0.378 e. The third kappa shape index (κ3) is 4.26. The van der Waals surface area contributed by atoms with Crippen molar-refractivity contribution < 1.29 is 9.53 Å². The number of nitrogens with zero attached hydrogens (tertiary/aromatic N) is 3. The van der Waals surface area contributed by atoms with E-state index >= 15 is 0 Å². The average Bonchev–Trinajstić information content (AvgIpc) is 2.85. The molecule has 1 saturated heterocycles. The number of aromatic nitrogens is 3. The second-order valence-corrected chi connectivity index (χ2v) is 7.69. The van der Waals surface area contributed by atoms with Gasteiger partial charge in [-0.15, -0.1) is 0 Å². The first-order valence-electron chi connectivity index (χ1n) is 10.6. The quantitative estimate of drug-likeness (QED) is 0.434. The first-order chi connectivity index (χ1) is 16.1. The van der Waals surface area contributed by atoms with E-state index in [0.29, 0.717) is 28.0 Å². The van der Waals surface area contributed by atoms with Gasteiger partial charge in [0, 0.05) is 35.6 Å². The molecule has 1 aliphatic rings. The lowest BCUT2D eigenvalue weighted by atomic mass is 10.1. The number of pyridine rings is 1.